The fourth-order valence-electron chi connectivity index (χ4n) is 0.191. The molecule has 0 radical (unpaired) electrons. The largest absolute Gasteiger partial charge is 0.351 e. The topological polar surface area (TPSA) is 58.2 Å². The van der Waals surface area contributed by atoms with Gasteiger partial charge < -0.3 is 10.6 Å². The Balaban J connectivity index is 4.10. The van der Waals surface area contributed by atoms with E-state index >= 15 is 0 Å². The summed E-state index contributed by atoms with van der Waals surface area (Å²) in [6.07, 6.45) is 0. The standard InChI is InChI=1S/C4H8N2O2/c1-5-3(7)4(8)6-2/h1-2H3,(H,5,7)(H,6,8)/i/hD2. The van der Waals surface area contributed by atoms with Gasteiger partial charge in [-0.3, -0.25) is 9.59 Å². The van der Waals surface area contributed by atoms with E-state index in [-0.39, 0.29) is 0 Å². The summed E-state index contributed by atoms with van der Waals surface area (Å²) in [5, 5.41) is 0.765. The molecule has 4 heteroatoms. The Morgan fingerprint density at radius 3 is 1.62 bits per heavy atom. The van der Waals surface area contributed by atoms with Gasteiger partial charge in [0, 0.05) is 14.1 Å². The molecule has 8 heavy (non-hydrogen) atoms. The molecule has 46 valence electrons. The van der Waals surface area contributed by atoms with Crippen LogP contribution in [0.25, 0.3) is 0 Å². The van der Waals surface area contributed by atoms with E-state index in [0.717, 1.165) is 14.1 Å². The summed E-state index contributed by atoms with van der Waals surface area (Å²) >= 11 is 0. The predicted octanol–water partition coefficient (Wildman–Crippen LogP) is -1.52. The van der Waals surface area contributed by atoms with Gasteiger partial charge in [-0.05, 0) is 0 Å². The van der Waals surface area contributed by atoms with Crippen molar-refractivity contribution in [3.8, 4) is 0 Å². The van der Waals surface area contributed by atoms with E-state index in [2.05, 4.69) is 0 Å². The average Bonchev–Trinajstić information content (AvgIpc) is 1.84. The Kier molecular flexibility index (Phi) is 1.46. The molecule has 0 atom stereocenters. The highest BCUT2D eigenvalue weighted by Crippen LogP contribution is 1.59. The molecular weight excluding hydrogens is 108 g/mol. The number of hydrogen-bond donors (Lipinski definition) is 2. The molecular formula is C4H8N2O2. The van der Waals surface area contributed by atoms with E-state index in [9.17, 15) is 9.59 Å². The highest BCUT2D eigenvalue weighted by molar-refractivity contribution is 6.34. The molecule has 0 aromatic heterocycles. The van der Waals surface area contributed by atoms with Crippen LogP contribution in [-0.4, -0.2) is 25.9 Å². The molecule has 0 aliphatic rings. The average molecular weight is 118 g/mol. The summed E-state index contributed by atoms with van der Waals surface area (Å²) in [5.74, 6) is -2.03. The highest BCUT2D eigenvalue weighted by atomic mass is 16.2. The van der Waals surface area contributed by atoms with Crippen LogP contribution in [0.4, 0.5) is 0 Å². The lowest BCUT2D eigenvalue weighted by molar-refractivity contribution is -0.138. The maximum absolute atomic E-state index is 10.5. The van der Waals surface area contributed by atoms with Crippen molar-refractivity contribution >= 4 is 11.8 Å². The van der Waals surface area contributed by atoms with Gasteiger partial charge in [0.1, 0.15) is 0 Å². The van der Waals surface area contributed by atoms with E-state index in [0.29, 0.717) is 10.6 Å². The van der Waals surface area contributed by atoms with Crippen LogP contribution in [0.15, 0.2) is 0 Å². The Morgan fingerprint density at radius 2 is 1.50 bits per heavy atom. The summed E-state index contributed by atoms with van der Waals surface area (Å²) in [6.45, 7) is 0. The molecule has 0 bridgehead atoms. The molecule has 0 aromatic rings. The van der Waals surface area contributed by atoms with Crippen molar-refractivity contribution in [2.45, 2.75) is 0 Å². The summed E-state index contributed by atoms with van der Waals surface area (Å²) < 4.78 is 13.3. The molecule has 0 unspecified atom stereocenters. The molecule has 4 nitrogen and oxygen atoms in total. The molecule has 0 aliphatic heterocycles. The van der Waals surface area contributed by atoms with Gasteiger partial charge in [-0.1, -0.05) is 0 Å². The number of hydrogen-bond acceptors (Lipinski definition) is 2. The Bertz CT molecular complexity index is 139. The molecule has 2 N–H and O–H groups in total. The second-order valence-electron chi connectivity index (χ2n) is 1.06. The lowest BCUT2D eigenvalue weighted by atomic mass is 10.6. The Morgan fingerprint density at radius 1 is 1.25 bits per heavy atom. The van der Waals surface area contributed by atoms with E-state index in [1.807, 2.05) is 0 Å². The molecule has 0 saturated carbocycles. The van der Waals surface area contributed by atoms with Crippen molar-refractivity contribution in [3.05, 3.63) is 0 Å². The first-order valence-electron chi connectivity index (χ1n) is 2.89. The monoisotopic (exact) mass is 118 g/mol. The number of carbonyl (C=O) groups is 2. The molecule has 0 aromatic carbocycles. The molecule has 0 saturated heterocycles. The number of nitrogens with one attached hydrogen (secondary N) is 2. The maximum atomic E-state index is 10.5. The number of carbonyl (C=O) groups excluding carboxylic acids is 2. The van der Waals surface area contributed by atoms with Gasteiger partial charge in [0.15, 0.2) is 2.82 Å². The van der Waals surface area contributed by atoms with Crippen LogP contribution in [-0.2, 0) is 9.59 Å². The third-order valence-electron chi connectivity index (χ3n) is 0.589. The van der Waals surface area contributed by atoms with Crippen LogP contribution in [0, 0.1) is 0 Å². The molecule has 0 spiro atoms. The molecule has 2 amide bonds. The maximum Gasteiger partial charge on any atom is 0.309 e. The lowest BCUT2D eigenvalue weighted by Crippen LogP contribution is -2.35. The zero-order valence-electron chi connectivity index (χ0n) is 6.71. The van der Waals surface area contributed by atoms with Crippen molar-refractivity contribution in [3.63, 3.8) is 0 Å². The second kappa shape index (κ2) is 3.01. The van der Waals surface area contributed by atoms with Crippen molar-refractivity contribution < 1.29 is 12.4 Å². The number of amides is 2. The van der Waals surface area contributed by atoms with Crippen LogP contribution in [0.2, 0.25) is 2.82 Å². The van der Waals surface area contributed by atoms with Crippen LogP contribution in [0.3, 0.4) is 0 Å². The fraction of sp³-hybridized carbons (Fsp3) is 0.500. The quantitative estimate of drug-likeness (QED) is 0.379. The zero-order chi connectivity index (χ0) is 8.31. The van der Waals surface area contributed by atoms with Crippen LogP contribution < -0.4 is 10.6 Å². The number of rotatable bonds is 0. The normalized spacial score (nSPS) is 11.2. The van der Waals surface area contributed by atoms with Gasteiger partial charge in [0.2, 0.25) is 0 Å². The minimum absolute atomic E-state index is 0.382. The van der Waals surface area contributed by atoms with Crippen LogP contribution in [0.5, 0.6) is 0 Å². The molecule has 0 fully saturated rings. The SMILES string of the molecule is [2H]N(C)C(=O)C(=O)N([2H])C. The summed E-state index contributed by atoms with van der Waals surface area (Å²) in [4.78, 5) is 21.0. The van der Waals surface area contributed by atoms with E-state index < -0.39 is 11.8 Å². The van der Waals surface area contributed by atoms with Crippen molar-refractivity contribution in [2.75, 3.05) is 14.1 Å². The fourth-order valence-corrected chi connectivity index (χ4v) is 0.191. The van der Waals surface area contributed by atoms with Gasteiger partial charge in [-0.2, -0.15) is 0 Å². The molecule has 0 rings (SSSR count). The molecule has 0 aliphatic carbocycles. The summed E-state index contributed by atoms with van der Waals surface area (Å²) in [5.41, 5.74) is 0. The Labute approximate surface area is 50.2 Å². The van der Waals surface area contributed by atoms with Crippen molar-refractivity contribution in [1.82, 2.24) is 10.6 Å². The molecule has 0 heterocycles. The van der Waals surface area contributed by atoms with Gasteiger partial charge in [-0.25, -0.2) is 0 Å². The predicted molar refractivity (Wildman–Crippen MR) is 28.1 cm³/mol. The summed E-state index contributed by atoms with van der Waals surface area (Å²) in [6, 6.07) is 0. The van der Waals surface area contributed by atoms with E-state index in [1.165, 1.54) is 0 Å². The second-order valence-corrected chi connectivity index (χ2v) is 1.06. The van der Waals surface area contributed by atoms with Crippen LogP contribution in [0.1, 0.15) is 0 Å². The third-order valence-corrected chi connectivity index (χ3v) is 0.589. The first-order valence-corrected chi connectivity index (χ1v) is 2.00. The summed E-state index contributed by atoms with van der Waals surface area (Å²) in [7, 11) is 2.26. The first-order chi connectivity index (χ1) is 4.46. The van der Waals surface area contributed by atoms with E-state index in [1.54, 1.807) is 0 Å². The van der Waals surface area contributed by atoms with Crippen molar-refractivity contribution in [1.29, 1.82) is 0 Å². The third kappa shape index (κ3) is 1.59. The van der Waals surface area contributed by atoms with E-state index in [4.69, 9.17) is 2.82 Å². The number of likely N-dealkylation sites (N-methyl/N-ethyl adjacent to an activating group) is 2. The zero-order valence-corrected chi connectivity index (χ0v) is 4.71. The Hall–Kier alpha value is -1.06. The van der Waals surface area contributed by atoms with Gasteiger partial charge >= 0.3 is 11.8 Å². The van der Waals surface area contributed by atoms with Gasteiger partial charge in [0.25, 0.3) is 0 Å². The highest BCUT2D eigenvalue weighted by Gasteiger charge is 2.05. The van der Waals surface area contributed by atoms with Crippen molar-refractivity contribution in [2.24, 2.45) is 0 Å². The smallest absolute Gasteiger partial charge is 0.309 e. The first kappa shape index (κ1) is 3.88. The minimum atomic E-state index is -1.02. The lowest BCUT2D eigenvalue weighted by Gasteiger charge is -1.93. The minimum Gasteiger partial charge on any atom is -0.351 e. The van der Waals surface area contributed by atoms with Gasteiger partial charge in [-0.15, -0.1) is 0 Å². The van der Waals surface area contributed by atoms with Crippen LogP contribution >= 0.6 is 0 Å². The van der Waals surface area contributed by atoms with Gasteiger partial charge in [0.05, 0.1) is 0 Å².